The maximum absolute atomic E-state index is 5.74. The van der Waals surface area contributed by atoms with Gasteiger partial charge < -0.3 is 19.9 Å². The Morgan fingerprint density at radius 1 is 1.24 bits per heavy atom. The Balaban J connectivity index is 0.00000240. The Kier molecular flexibility index (Phi) is 7.50. The average Bonchev–Trinajstić information content (AvgIpc) is 3.21. The first kappa shape index (κ1) is 22.0. The second-order valence-electron chi connectivity index (χ2n) is 7.90. The predicted octanol–water partition coefficient (Wildman–Crippen LogP) is 2.69. The molecule has 2 aliphatic rings. The lowest BCUT2D eigenvalue weighted by molar-refractivity contribution is 0.113. The fourth-order valence-corrected chi connectivity index (χ4v) is 3.69. The highest BCUT2D eigenvalue weighted by Crippen LogP contribution is 2.47. The average molecular weight is 510 g/mol. The minimum atomic E-state index is 0. The first-order chi connectivity index (χ1) is 13.7. The van der Waals surface area contributed by atoms with Crippen LogP contribution in [0.3, 0.4) is 0 Å². The Bertz CT molecular complexity index is 812. The zero-order chi connectivity index (χ0) is 19.4. The quantitative estimate of drug-likeness (QED) is 0.341. The highest BCUT2D eigenvalue weighted by Gasteiger charge is 2.44. The Labute approximate surface area is 189 Å². The van der Waals surface area contributed by atoms with E-state index in [-0.39, 0.29) is 35.5 Å². The van der Waals surface area contributed by atoms with Crippen LogP contribution in [0.4, 0.5) is 0 Å². The third kappa shape index (κ3) is 5.48. The van der Waals surface area contributed by atoms with Crippen molar-refractivity contribution < 1.29 is 4.74 Å². The highest BCUT2D eigenvalue weighted by molar-refractivity contribution is 14.0. The summed E-state index contributed by atoms with van der Waals surface area (Å²) in [5.74, 6) is 2.58. The van der Waals surface area contributed by atoms with Gasteiger partial charge in [0.05, 0.1) is 6.10 Å². The number of aromatic nitrogens is 3. The summed E-state index contributed by atoms with van der Waals surface area (Å²) in [6.07, 6.45) is 4.95. The molecule has 2 fully saturated rings. The highest BCUT2D eigenvalue weighted by atomic mass is 127. The van der Waals surface area contributed by atoms with Crippen LogP contribution in [0, 0.1) is 6.92 Å². The van der Waals surface area contributed by atoms with Crippen molar-refractivity contribution in [1.29, 1.82) is 0 Å². The van der Waals surface area contributed by atoms with Crippen molar-refractivity contribution >= 4 is 29.9 Å². The van der Waals surface area contributed by atoms with Crippen molar-refractivity contribution in [3.05, 3.63) is 47.5 Å². The van der Waals surface area contributed by atoms with E-state index in [1.165, 1.54) is 18.4 Å². The summed E-state index contributed by atoms with van der Waals surface area (Å²) in [7, 11) is 1.97. The molecule has 1 aliphatic heterocycles. The standard InChI is InChI=1S/C21H30N6O.HI/c1-16-25-26-19(27(16)2)14-23-20(22-13-18-9-6-12-28-18)24-15-21(10-11-21)17-7-4-3-5-8-17;/h3-5,7-8,18H,6,9-15H2,1-2H3,(H2,22,23,24);1H. The third-order valence-corrected chi connectivity index (χ3v) is 5.92. The van der Waals surface area contributed by atoms with Gasteiger partial charge in [0.2, 0.25) is 0 Å². The van der Waals surface area contributed by atoms with Gasteiger partial charge >= 0.3 is 0 Å². The molecule has 0 radical (unpaired) electrons. The predicted molar refractivity (Wildman–Crippen MR) is 125 cm³/mol. The maximum Gasteiger partial charge on any atom is 0.191 e. The maximum atomic E-state index is 5.74. The van der Waals surface area contributed by atoms with E-state index in [4.69, 9.17) is 9.73 Å². The van der Waals surface area contributed by atoms with Crippen LogP contribution in [0.15, 0.2) is 35.3 Å². The molecule has 0 spiro atoms. The molecule has 8 heteroatoms. The second-order valence-corrected chi connectivity index (χ2v) is 7.90. The van der Waals surface area contributed by atoms with E-state index < -0.39 is 0 Å². The molecular weight excluding hydrogens is 479 g/mol. The number of nitrogens with one attached hydrogen (secondary N) is 2. The lowest BCUT2D eigenvalue weighted by Gasteiger charge is -2.20. The molecule has 2 heterocycles. The zero-order valence-corrected chi connectivity index (χ0v) is 19.6. The van der Waals surface area contributed by atoms with Crippen LogP contribution >= 0.6 is 24.0 Å². The smallest absolute Gasteiger partial charge is 0.191 e. The zero-order valence-electron chi connectivity index (χ0n) is 17.2. The first-order valence-corrected chi connectivity index (χ1v) is 10.2. The van der Waals surface area contributed by atoms with Crippen molar-refractivity contribution in [2.24, 2.45) is 12.0 Å². The number of aryl methyl sites for hydroxylation is 1. The monoisotopic (exact) mass is 510 g/mol. The lowest BCUT2D eigenvalue weighted by atomic mass is 9.96. The van der Waals surface area contributed by atoms with Gasteiger partial charge in [-0.15, -0.1) is 34.2 Å². The lowest BCUT2D eigenvalue weighted by Crippen LogP contribution is -2.44. The molecular formula is C21H31IN6O. The molecule has 1 saturated heterocycles. The minimum absolute atomic E-state index is 0. The van der Waals surface area contributed by atoms with Crippen LogP contribution in [-0.4, -0.2) is 46.5 Å². The molecule has 0 bridgehead atoms. The van der Waals surface area contributed by atoms with E-state index in [0.717, 1.165) is 50.1 Å². The van der Waals surface area contributed by atoms with Crippen molar-refractivity contribution in [2.45, 2.75) is 50.7 Å². The van der Waals surface area contributed by atoms with Crippen LogP contribution in [0.1, 0.15) is 42.9 Å². The SMILES string of the molecule is Cc1nnc(CN=C(NCC2CCCO2)NCC2(c3ccccc3)CC2)n1C.I. The van der Waals surface area contributed by atoms with Crippen molar-refractivity contribution in [2.75, 3.05) is 19.7 Å². The number of nitrogens with zero attached hydrogens (tertiary/aromatic N) is 4. The second kappa shape index (κ2) is 9.88. The van der Waals surface area contributed by atoms with Gasteiger partial charge in [0.25, 0.3) is 0 Å². The van der Waals surface area contributed by atoms with Gasteiger partial charge in [-0.2, -0.15) is 0 Å². The van der Waals surface area contributed by atoms with E-state index in [2.05, 4.69) is 51.2 Å². The van der Waals surface area contributed by atoms with Crippen LogP contribution in [0.2, 0.25) is 0 Å². The van der Waals surface area contributed by atoms with Gasteiger partial charge in [0.1, 0.15) is 12.4 Å². The molecule has 7 nitrogen and oxygen atoms in total. The Morgan fingerprint density at radius 2 is 2.03 bits per heavy atom. The van der Waals surface area contributed by atoms with Gasteiger partial charge in [-0.25, -0.2) is 4.99 Å². The Hall–Kier alpha value is -1.68. The van der Waals surface area contributed by atoms with Crippen LogP contribution in [-0.2, 0) is 23.7 Å². The van der Waals surface area contributed by atoms with Gasteiger partial charge in [0, 0.05) is 32.2 Å². The summed E-state index contributed by atoms with van der Waals surface area (Å²) >= 11 is 0. The fourth-order valence-electron chi connectivity index (χ4n) is 3.69. The molecule has 1 aromatic heterocycles. The summed E-state index contributed by atoms with van der Waals surface area (Å²) in [5.41, 5.74) is 1.64. The molecule has 158 valence electrons. The molecule has 0 amide bonds. The summed E-state index contributed by atoms with van der Waals surface area (Å²) in [6, 6.07) is 10.8. The van der Waals surface area contributed by atoms with Crippen LogP contribution < -0.4 is 10.6 Å². The summed E-state index contributed by atoms with van der Waals surface area (Å²) in [4.78, 5) is 4.77. The van der Waals surface area contributed by atoms with Gasteiger partial charge in [-0.1, -0.05) is 30.3 Å². The number of ether oxygens (including phenoxy) is 1. The van der Waals surface area contributed by atoms with Crippen molar-refractivity contribution in [3.63, 3.8) is 0 Å². The Morgan fingerprint density at radius 3 is 2.66 bits per heavy atom. The summed E-state index contributed by atoms with van der Waals surface area (Å²) < 4.78 is 7.72. The van der Waals surface area contributed by atoms with E-state index in [1.54, 1.807) is 0 Å². The van der Waals surface area contributed by atoms with Gasteiger partial charge in [-0.05, 0) is 38.2 Å². The van der Waals surface area contributed by atoms with E-state index >= 15 is 0 Å². The molecule has 4 rings (SSSR count). The number of hydrogen-bond donors (Lipinski definition) is 2. The minimum Gasteiger partial charge on any atom is -0.376 e. The molecule has 1 atom stereocenters. The fraction of sp³-hybridized carbons (Fsp3) is 0.571. The third-order valence-electron chi connectivity index (χ3n) is 5.92. The van der Waals surface area contributed by atoms with Crippen molar-refractivity contribution in [1.82, 2.24) is 25.4 Å². The molecule has 1 saturated carbocycles. The molecule has 2 aromatic rings. The molecule has 1 aliphatic carbocycles. The van der Waals surface area contributed by atoms with Gasteiger partial charge in [-0.3, -0.25) is 0 Å². The molecule has 2 N–H and O–H groups in total. The number of aliphatic imine (C=N–C) groups is 1. The normalized spacial score (nSPS) is 20.2. The van der Waals surface area contributed by atoms with E-state index in [0.29, 0.717) is 6.54 Å². The number of hydrogen-bond acceptors (Lipinski definition) is 4. The van der Waals surface area contributed by atoms with Crippen molar-refractivity contribution in [3.8, 4) is 0 Å². The van der Waals surface area contributed by atoms with Crippen LogP contribution in [0.25, 0.3) is 0 Å². The number of guanidine groups is 1. The molecule has 1 aromatic carbocycles. The first-order valence-electron chi connectivity index (χ1n) is 10.2. The number of benzene rings is 1. The summed E-state index contributed by atoms with van der Waals surface area (Å²) in [6.45, 7) is 4.97. The largest absolute Gasteiger partial charge is 0.376 e. The number of halogens is 1. The molecule has 1 unspecified atom stereocenters. The number of rotatable bonds is 7. The topological polar surface area (TPSA) is 76.4 Å². The summed E-state index contributed by atoms with van der Waals surface area (Å²) in [5, 5.41) is 15.4. The van der Waals surface area contributed by atoms with E-state index in [1.807, 2.05) is 18.5 Å². The molecule has 29 heavy (non-hydrogen) atoms. The van der Waals surface area contributed by atoms with Crippen LogP contribution in [0.5, 0.6) is 0 Å². The van der Waals surface area contributed by atoms with E-state index in [9.17, 15) is 0 Å². The van der Waals surface area contributed by atoms with Gasteiger partial charge in [0.15, 0.2) is 11.8 Å².